The highest BCUT2D eigenvalue weighted by molar-refractivity contribution is 5.77. The Kier molecular flexibility index (Phi) is 24.4. The van der Waals surface area contributed by atoms with E-state index in [1.54, 1.807) is 0 Å². The molecule has 26 atom stereocenters. The van der Waals surface area contributed by atoms with Gasteiger partial charge in [-0.25, -0.2) is 4.79 Å². The van der Waals surface area contributed by atoms with Crippen LogP contribution in [0, 0.1) is 0 Å². The van der Waals surface area contributed by atoms with E-state index in [-0.39, 0.29) is 6.61 Å². The Bertz CT molecular complexity index is 1890. The van der Waals surface area contributed by atoms with Gasteiger partial charge in [-0.05, 0) is 25.8 Å². The summed E-state index contributed by atoms with van der Waals surface area (Å²) in [4.78, 5) is 51.1. The second-order valence-corrected chi connectivity index (χ2v) is 19.3. The summed E-state index contributed by atoms with van der Waals surface area (Å²) < 4.78 is 59.1. The molecule has 33 heteroatoms. The summed E-state index contributed by atoms with van der Waals surface area (Å²) in [5.74, 6) is -8.05. The van der Waals surface area contributed by atoms with Crippen molar-refractivity contribution in [3.05, 3.63) is 0 Å². The average Bonchev–Trinajstić information content (AvgIpc) is 3.38. The second-order valence-electron chi connectivity index (χ2n) is 19.3. The van der Waals surface area contributed by atoms with E-state index in [4.69, 9.17) is 53.1 Å². The summed E-state index contributed by atoms with van der Waals surface area (Å²) in [7, 11) is 0. The molecule has 0 radical (unpaired) electrons. The molecule has 0 spiro atoms. The van der Waals surface area contributed by atoms with Gasteiger partial charge in [-0.1, -0.05) is 0 Å². The molecule has 5 rings (SSSR count). The number of carboxylic acid groups (broad SMARTS) is 1. The van der Waals surface area contributed by atoms with Gasteiger partial charge in [-0.3, -0.25) is 14.4 Å². The minimum absolute atomic E-state index is 0.0199. The molecule has 1 unspecified atom stereocenters. The molecule has 77 heavy (non-hydrogen) atoms. The predicted octanol–water partition coefficient (Wildman–Crippen LogP) is -11.1. The summed E-state index contributed by atoms with van der Waals surface area (Å²) in [5.41, 5.74) is 5.56. The van der Waals surface area contributed by atoms with Crippen molar-refractivity contribution >= 4 is 23.7 Å². The zero-order valence-electron chi connectivity index (χ0n) is 42.2. The fourth-order valence-corrected chi connectivity index (χ4v) is 9.68. The van der Waals surface area contributed by atoms with Gasteiger partial charge in [0.1, 0.15) is 116 Å². The van der Waals surface area contributed by atoms with E-state index in [1.807, 2.05) is 0 Å². The number of nitrogens with one attached hydrogen (secondary N) is 3. The molecule has 0 aromatic carbocycles. The summed E-state index contributed by atoms with van der Waals surface area (Å²) in [6, 6.07) is -5.32. The number of unbranched alkanes of at least 4 members (excludes halogenated alkanes) is 2. The number of aliphatic carboxylic acids is 1. The van der Waals surface area contributed by atoms with Crippen LogP contribution in [0.4, 0.5) is 0 Å². The summed E-state index contributed by atoms with van der Waals surface area (Å²) in [6.07, 6.45) is -43.4. The highest BCUT2D eigenvalue weighted by Crippen LogP contribution is 2.41. The number of hydrogen-bond donors (Lipinski definition) is 19. The topological polar surface area (TPSA) is 526 Å². The number of carbonyl (C=O) groups excluding carboxylic acids is 3. The number of aliphatic hydroxyl groups excluding tert-OH is 14. The number of ether oxygens (including phenoxy) is 10. The molecule has 5 aliphatic heterocycles. The second kappa shape index (κ2) is 29.0. The van der Waals surface area contributed by atoms with Crippen LogP contribution in [0.5, 0.6) is 0 Å². The molecule has 5 fully saturated rings. The van der Waals surface area contributed by atoms with Crippen molar-refractivity contribution in [3.63, 3.8) is 0 Å². The first kappa shape index (κ1) is 64.7. The van der Waals surface area contributed by atoms with Crippen LogP contribution in [0.1, 0.15) is 46.5 Å². The Labute approximate surface area is 439 Å². The first-order valence-electron chi connectivity index (χ1n) is 24.9. The molecule has 5 heterocycles. The fourth-order valence-electron chi connectivity index (χ4n) is 9.68. The van der Waals surface area contributed by atoms with E-state index in [9.17, 15) is 95.8 Å². The standard InChI is InChI=1S/C44H76N4O29/c1-15(54)46-24-18(57)9-44(43(66)67,76-36(24)27(59)19(58)10-49)77-38-33(65)42(72-23(14-53)34(38)73-39-25(47-16(2)55)31(63)28(60)20(11-50)69-39)74-35-26(48-17(3)56)40(70-21(12-51)29(35)61)75-37-30(62)22(13-52)71-41(32(37)64)68-8-6-4-5-7-45/h18-42,49-53,57-65H,4-14,45H2,1-3H3,(H,46,54)(H,47,55)(H,48,56)(H,66,67)/t18-,19-,20-,21-,22-,23-,24+,25?,26-,27-,28+,29-,30+,31-,32-,33-,34+,35-,36+,37+,38-,39+,40+,41-,42+,44-/m1/s1. The molecule has 5 aliphatic rings. The molecular formula is C44H76N4O29. The van der Waals surface area contributed by atoms with Crippen LogP contribution in [0.15, 0.2) is 0 Å². The maximum Gasteiger partial charge on any atom is 0.364 e. The zero-order chi connectivity index (χ0) is 57.2. The van der Waals surface area contributed by atoms with E-state index in [2.05, 4.69) is 16.0 Å². The first-order valence-corrected chi connectivity index (χ1v) is 24.9. The van der Waals surface area contributed by atoms with Gasteiger partial charge in [0.05, 0.1) is 45.2 Å². The summed E-state index contributed by atoms with van der Waals surface area (Å²) in [6.45, 7) is -1.86. The largest absolute Gasteiger partial charge is 0.477 e. The summed E-state index contributed by atoms with van der Waals surface area (Å²) in [5, 5.41) is 171. The van der Waals surface area contributed by atoms with E-state index in [0.717, 1.165) is 20.8 Å². The fraction of sp³-hybridized carbons (Fsp3) is 0.909. The number of carbonyl (C=O) groups is 4. The van der Waals surface area contributed by atoms with Crippen molar-refractivity contribution in [1.82, 2.24) is 16.0 Å². The van der Waals surface area contributed by atoms with Gasteiger partial charge in [0.15, 0.2) is 25.2 Å². The third-order valence-corrected chi connectivity index (χ3v) is 13.6. The molecule has 0 bridgehead atoms. The van der Waals surface area contributed by atoms with Crippen LogP contribution in [-0.2, 0) is 66.5 Å². The Morgan fingerprint density at radius 2 is 1.05 bits per heavy atom. The van der Waals surface area contributed by atoms with Crippen molar-refractivity contribution < 1.29 is 143 Å². The van der Waals surface area contributed by atoms with Gasteiger partial charge in [0.25, 0.3) is 5.79 Å². The minimum Gasteiger partial charge on any atom is -0.477 e. The van der Waals surface area contributed by atoms with Crippen molar-refractivity contribution in [2.45, 2.75) is 205 Å². The first-order chi connectivity index (χ1) is 36.4. The van der Waals surface area contributed by atoms with E-state index >= 15 is 0 Å². The van der Waals surface area contributed by atoms with Gasteiger partial charge in [-0.2, -0.15) is 0 Å². The quantitative estimate of drug-likeness (QED) is 0.0378. The number of carboxylic acids is 1. The van der Waals surface area contributed by atoms with Crippen molar-refractivity contribution in [1.29, 1.82) is 0 Å². The molecule has 20 N–H and O–H groups in total. The van der Waals surface area contributed by atoms with Gasteiger partial charge < -0.3 is 146 Å². The molecule has 0 aliphatic carbocycles. The molecule has 0 saturated carbocycles. The number of rotatable bonds is 25. The lowest BCUT2D eigenvalue weighted by molar-refractivity contribution is -0.399. The third kappa shape index (κ3) is 15.3. The highest BCUT2D eigenvalue weighted by atomic mass is 16.8. The van der Waals surface area contributed by atoms with Crippen LogP contribution >= 0.6 is 0 Å². The Balaban J connectivity index is 1.59. The molecule has 446 valence electrons. The number of hydrogen-bond acceptors (Lipinski definition) is 29. The lowest BCUT2D eigenvalue weighted by atomic mass is 9.88. The van der Waals surface area contributed by atoms with Crippen LogP contribution in [0.2, 0.25) is 0 Å². The van der Waals surface area contributed by atoms with Gasteiger partial charge >= 0.3 is 5.97 Å². The predicted molar refractivity (Wildman–Crippen MR) is 245 cm³/mol. The summed E-state index contributed by atoms with van der Waals surface area (Å²) >= 11 is 0. The van der Waals surface area contributed by atoms with Crippen molar-refractivity contribution in [2.24, 2.45) is 5.73 Å². The number of nitrogens with two attached hydrogens (primary N) is 1. The van der Waals surface area contributed by atoms with E-state index in [0.29, 0.717) is 25.8 Å². The number of amides is 3. The Morgan fingerprint density at radius 3 is 1.60 bits per heavy atom. The van der Waals surface area contributed by atoms with Gasteiger partial charge in [0.2, 0.25) is 17.7 Å². The monoisotopic (exact) mass is 1120 g/mol. The van der Waals surface area contributed by atoms with Crippen LogP contribution in [0.25, 0.3) is 0 Å². The normalized spacial score (nSPS) is 42.4. The van der Waals surface area contributed by atoms with Gasteiger partial charge in [0, 0.05) is 33.8 Å². The lowest BCUT2D eigenvalue weighted by Gasteiger charge is -2.52. The molecule has 5 saturated heterocycles. The zero-order valence-corrected chi connectivity index (χ0v) is 42.2. The SMILES string of the molecule is CC(=O)NC1[C@H](O[C@@H]2[C@H](O[C@@]3(C(=O)O)C[C@@H](O)[C@H](NC(C)=O)[C@@H]([C@H](O)[C@H](O)CO)O3)[C@@H](O)[C@H](O[C@H]3[C@H](O)[C@@H](CO)O[C@@H](O[C@H]4[C@@H](O)[C@@H](CO)O[C@@H](OCCCCCN)[C@@H]4O)[C@@H]3NC(C)=O)O[C@@H]2CO)O[C@H](CO)[C@H](O)[C@@H]1O. The van der Waals surface area contributed by atoms with Crippen LogP contribution in [-0.4, -0.2) is 305 Å². The molecule has 0 aromatic rings. The van der Waals surface area contributed by atoms with E-state index < -0.39 is 222 Å². The highest BCUT2D eigenvalue weighted by Gasteiger charge is 2.62. The maximum atomic E-state index is 13.5. The maximum absolute atomic E-state index is 13.5. The van der Waals surface area contributed by atoms with Crippen LogP contribution < -0.4 is 21.7 Å². The van der Waals surface area contributed by atoms with Gasteiger partial charge in [-0.15, -0.1) is 0 Å². The third-order valence-electron chi connectivity index (χ3n) is 13.6. The number of aliphatic hydroxyl groups is 14. The Hall–Kier alpha value is -3.12. The molecule has 3 amide bonds. The Morgan fingerprint density at radius 1 is 0.571 bits per heavy atom. The molecular weight excluding hydrogens is 1050 g/mol. The molecule has 33 nitrogen and oxygen atoms in total. The van der Waals surface area contributed by atoms with Crippen molar-refractivity contribution in [3.8, 4) is 0 Å². The van der Waals surface area contributed by atoms with Crippen LogP contribution in [0.3, 0.4) is 0 Å². The molecule has 0 aromatic heterocycles. The average molecular weight is 1130 g/mol. The lowest BCUT2D eigenvalue weighted by Crippen LogP contribution is -2.72. The van der Waals surface area contributed by atoms with E-state index in [1.165, 1.54) is 0 Å². The smallest absolute Gasteiger partial charge is 0.364 e. The van der Waals surface area contributed by atoms with Crippen molar-refractivity contribution in [2.75, 3.05) is 46.2 Å². The minimum atomic E-state index is -3.33.